The van der Waals surface area contributed by atoms with Gasteiger partial charge in [-0.15, -0.1) is 0 Å². The molecule has 0 bridgehead atoms. The number of aromatic carboxylic acids is 1. The molecule has 96 valence electrons. The fraction of sp³-hybridized carbons (Fsp3) is 0.500. The first-order valence-corrected chi connectivity index (χ1v) is 4.87. The number of hydrogen-bond acceptors (Lipinski definition) is 6. The highest BCUT2D eigenvalue weighted by Crippen LogP contribution is 2.24. The molecule has 0 amide bonds. The van der Waals surface area contributed by atoms with E-state index in [0.717, 1.165) is 6.07 Å². The molecule has 5 N–H and O–H groups in total. The van der Waals surface area contributed by atoms with Crippen LogP contribution in [-0.4, -0.2) is 50.3 Å². The number of carboxylic acid groups (broad SMARTS) is 1. The van der Waals surface area contributed by atoms with Crippen molar-refractivity contribution < 1.29 is 34.7 Å². The molecule has 1 heterocycles. The highest BCUT2D eigenvalue weighted by atomic mass is 16.4. The Morgan fingerprint density at radius 3 is 2.41 bits per heavy atom. The lowest BCUT2D eigenvalue weighted by Crippen LogP contribution is -2.34. The summed E-state index contributed by atoms with van der Waals surface area (Å²) in [6.45, 7) is 0.665. The summed E-state index contributed by atoms with van der Waals surface area (Å²) in [6, 6.07) is 1.07. The first-order chi connectivity index (χ1) is 7.88. The molecule has 0 aliphatic rings. The smallest absolute Gasteiger partial charge is 0.339 e. The van der Waals surface area contributed by atoms with E-state index < -0.39 is 30.9 Å². The summed E-state index contributed by atoms with van der Waals surface area (Å²) in [5.74, 6) is -1.32. The van der Waals surface area contributed by atoms with E-state index in [9.17, 15) is 15.0 Å². The molecule has 7 nitrogen and oxygen atoms in total. The number of rotatable bonds is 5. The van der Waals surface area contributed by atoms with Crippen molar-refractivity contribution in [3.8, 4) is 0 Å². The molecule has 0 fully saturated rings. The number of aliphatic hydroxyl groups is 4. The second kappa shape index (κ2) is 5.28. The fourth-order valence-electron chi connectivity index (χ4n) is 1.35. The van der Waals surface area contributed by atoms with Gasteiger partial charge in [0.15, 0.2) is 0 Å². The number of carboxylic acids is 1. The Morgan fingerprint density at radius 2 is 2.00 bits per heavy atom. The highest BCUT2D eigenvalue weighted by Gasteiger charge is 2.29. The van der Waals surface area contributed by atoms with E-state index in [-0.39, 0.29) is 17.1 Å². The average molecular weight is 246 g/mol. The van der Waals surface area contributed by atoms with Crippen molar-refractivity contribution in [1.82, 2.24) is 0 Å². The summed E-state index contributed by atoms with van der Waals surface area (Å²) < 4.78 is 4.97. The van der Waals surface area contributed by atoms with E-state index in [1.807, 2.05) is 0 Å². The van der Waals surface area contributed by atoms with Gasteiger partial charge in [-0.05, 0) is 13.0 Å². The first kappa shape index (κ1) is 13.7. The quantitative estimate of drug-likeness (QED) is 0.451. The summed E-state index contributed by atoms with van der Waals surface area (Å²) in [5, 5.41) is 45.5. The molecular weight excluding hydrogens is 232 g/mol. The van der Waals surface area contributed by atoms with Gasteiger partial charge in [0.05, 0.1) is 6.61 Å². The number of aliphatic hydroxyl groups excluding tert-OH is 4. The molecule has 0 aliphatic heterocycles. The zero-order chi connectivity index (χ0) is 13.2. The topological polar surface area (TPSA) is 131 Å². The van der Waals surface area contributed by atoms with Gasteiger partial charge >= 0.3 is 5.97 Å². The van der Waals surface area contributed by atoms with Crippen LogP contribution in [0.25, 0.3) is 0 Å². The van der Waals surface area contributed by atoms with Crippen LogP contribution in [0.5, 0.6) is 0 Å². The van der Waals surface area contributed by atoms with Gasteiger partial charge in [0, 0.05) is 0 Å². The molecule has 3 atom stereocenters. The average Bonchev–Trinajstić information content (AvgIpc) is 2.68. The monoisotopic (exact) mass is 246 g/mol. The molecular formula is C10H14O7. The minimum atomic E-state index is -1.66. The van der Waals surface area contributed by atoms with E-state index in [0.29, 0.717) is 0 Å². The van der Waals surface area contributed by atoms with Crippen molar-refractivity contribution in [3.05, 3.63) is 23.2 Å². The van der Waals surface area contributed by atoms with Gasteiger partial charge in [-0.1, -0.05) is 0 Å². The molecule has 17 heavy (non-hydrogen) atoms. The first-order valence-electron chi connectivity index (χ1n) is 4.87. The van der Waals surface area contributed by atoms with Crippen LogP contribution in [0, 0.1) is 6.92 Å². The van der Waals surface area contributed by atoms with Crippen molar-refractivity contribution >= 4 is 5.97 Å². The summed E-state index contributed by atoms with van der Waals surface area (Å²) in [6.07, 6.45) is -4.81. The maximum atomic E-state index is 10.7. The summed E-state index contributed by atoms with van der Waals surface area (Å²) in [5.41, 5.74) is -0.135. The van der Waals surface area contributed by atoms with Crippen LogP contribution in [0.15, 0.2) is 10.5 Å². The van der Waals surface area contributed by atoms with Crippen LogP contribution >= 0.6 is 0 Å². The van der Waals surface area contributed by atoms with Crippen LogP contribution in [0.1, 0.15) is 28.0 Å². The summed E-state index contributed by atoms with van der Waals surface area (Å²) >= 11 is 0. The maximum absolute atomic E-state index is 10.7. The molecule has 7 heteroatoms. The van der Waals surface area contributed by atoms with E-state index in [1.165, 1.54) is 6.92 Å². The Labute approximate surface area is 96.5 Å². The van der Waals surface area contributed by atoms with Crippen LogP contribution in [0.2, 0.25) is 0 Å². The van der Waals surface area contributed by atoms with Crippen LogP contribution in [-0.2, 0) is 0 Å². The number of hydrogen-bond donors (Lipinski definition) is 5. The molecule has 1 aromatic heterocycles. The number of carbonyl (C=O) groups is 1. The van der Waals surface area contributed by atoms with Crippen molar-refractivity contribution in [3.63, 3.8) is 0 Å². The zero-order valence-corrected chi connectivity index (χ0v) is 9.07. The van der Waals surface area contributed by atoms with Gasteiger partial charge in [-0.25, -0.2) is 4.79 Å². The van der Waals surface area contributed by atoms with E-state index in [4.69, 9.17) is 19.7 Å². The molecule has 0 saturated carbocycles. The molecule has 0 aliphatic carbocycles. The molecule has 3 unspecified atom stereocenters. The molecule has 1 aromatic rings. The third kappa shape index (κ3) is 2.83. The predicted octanol–water partition coefficient (Wildman–Crippen LogP) is -0.966. The van der Waals surface area contributed by atoms with E-state index in [2.05, 4.69) is 0 Å². The third-order valence-corrected chi connectivity index (χ3v) is 2.36. The zero-order valence-electron chi connectivity index (χ0n) is 9.07. The molecule has 0 radical (unpaired) electrons. The lowest BCUT2D eigenvalue weighted by molar-refractivity contribution is -0.0837. The molecule has 0 saturated heterocycles. The summed E-state index contributed by atoms with van der Waals surface area (Å²) in [7, 11) is 0. The largest absolute Gasteiger partial charge is 0.478 e. The van der Waals surface area contributed by atoms with Crippen LogP contribution < -0.4 is 0 Å². The lowest BCUT2D eigenvalue weighted by atomic mass is 10.1. The van der Waals surface area contributed by atoms with Crippen LogP contribution in [0.3, 0.4) is 0 Å². The Balaban J connectivity index is 2.93. The third-order valence-electron chi connectivity index (χ3n) is 2.36. The Bertz CT molecular complexity index is 397. The second-order valence-corrected chi connectivity index (χ2v) is 3.61. The van der Waals surface area contributed by atoms with Gasteiger partial charge in [-0.3, -0.25) is 0 Å². The number of furan rings is 1. The Hall–Kier alpha value is -1.41. The van der Waals surface area contributed by atoms with Crippen molar-refractivity contribution in [2.75, 3.05) is 6.61 Å². The summed E-state index contributed by atoms with van der Waals surface area (Å²) in [4.78, 5) is 10.7. The molecule has 0 aromatic carbocycles. The molecule has 1 rings (SSSR count). The van der Waals surface area contributed by atoms with Gasteiger partial charge in [0.25, 0.3) is 0 Å². The van der Waals surface area contributed by atoms with Gasteiger partial charge in [0.1, 0.15) is 35.4 Å². The van der Waals surface area contributed by atoms with Gasteiger partial charge in [0.2, 0.25) is 0 Å². The van der Waals surface area contributed by atoms with Crippen molar-refractivity contribution in [2.45, 2.75) is 25.2 Å². The van der Waals surface area contributed by atoms with Crippen molar-refractivity contribution in [1.29, 1.82) is 0 Å². The van der Waals surface area contributed by atoms with Gasteiger partial charge < -0.3 is 29.9 Å². The van der Waals surface area contributed by atoms with Gasteiger partial charge in [-0.2, -0.15) is 0 Å². The SMILES string of the molecule is Cc1oc(C(O)C(O)C(O)CO)cc1C(=O)O. The maximum Gasteiger partial charge on any atom is 0.339 e. The lowest BCUT2D eigenvalue weighted by Gasteiger charge is -2.19. The van der Waals surface area contributed by atoms with E-state index >= 15 is 0 Å². The predicted molar refractivity (Wildman–Crippen MR) is 54.5 cm³/mol. The normalized spacial score (nSPS) is 16.5. The molecule has 0 spiro atoms. The number of aryl methyl sites for hydroxylation is 1. The van der Waals surface area contributed by atoms with Crippen LogP contribution in [0.4, 0.5) is 0 Å². The second-order valence-electron chi connectivity index (χ2n) is 3.61. The minimum absolute atomic E-state index is 0.0808. The van der Waals surface area contributed by atoms with E-state index in [1.54, 1.807) is 0 Å². The fourth-order valence-corrected chi connectivity index (χ4v) is 1.35. The Kier molecular flexibility index (Phi) is 4.24. The van der Waals surface area contributed by atoms with Crippen molar-refractivity contribution in [2.24, 2.45) is 0 Å². The Morgan fingerprint density at radius 1 is 1.41 bits per heavy atom. The highest BCUT2D eigenvalue weighted by molar-refractivity contribution is 5.88. The standard InChI is InChI=1S/C10H14O7/c1-4-5(10(15)16)2-7(17-4)9(14)8(13)6(12)3-11/h2,6,8-9,11-14H,3H2,1H3,(H,15,16). The minimum Gasteiger partial charge on any atom is -0.478 e.